The van der Waals surface area contributed by atoms with Gasteiger partial charge in [0.05, 0.1) is 17.6 Å². The van der Waals surface area contributed by atoms with E-state index in [2.05, 4.69) is 55.3 Å². The first-order valence-electron chi connectivity index (χ1n) is 7.49. The van der Waals surface area contributed by atoms with E-state index in [9.17, 15) is 0 Å². The highest BCUT2D eigenvalue weighted by molar-refractivity contribution is 5.73. The third-order valence-corrected chi connectivity index (χ3v) is 3.35. The van der Waals surface area contributed by atoms with Crippen molar-refractivity contribution in [3.05, 3.63) is 41.9 Å². The Morgan fingerprint density at radius 1 is 1.19 bits per heavy atom. The summed E-state index contributed by atoms with van der Waals surface area (Å²) < 4.78 is 0. The molecule has 1 heterocycles. The van der Waals surface area contributed by atoms with Crippen LogP contribution in [-0.2, 0) is 0 Å². The molecule has 0 radical (unpaired) electrons. The van der Waals surface area contributed by atoms with Crippen LogP contribution in [-0.4, -0.2) is 23.1 Å². The van der Waals surface area contributed by atoms with Gasteiger partial charge in [0.2, 0.25) is 0 Å². The van der Waals surface area contributed by atoms with Crippen molar-refractivity contribution in [3.63, 3.8) is 0 Å². The predicted molar refractivity (Wildman–Crippen MR) is 88.5 cm³/mol. The summed E-state index contributed by atoms with van der Waals surface area (Å²) in [7, 11) is 0. The van der Waals surface area contributed by atoms with Crippen molar-refractivity contribution in [2.75, 3.05) is 18.4 Å². The van der Waals surface area contributed by atoms with Crippen LogP contribution in [0.3, 0.4) is 0 Å². The maximum Gasteiger partial charge on any atom is 0.131 e. The number of benzene rings is 1. The minimum atomic E-state index is 0.312. The van der Waals surface area contributed by atoms with Gasteiger partial charge in [0.1, 0.15) is 5.82 Å². The van der Waals surface area contributed by atoms with Crippen LogP contribution in [0.15, 0.2) is 30.5 Å². The Balaban J connectivity index is 2.37. The molecule has 2 aromatic rings. The number of rotatable bonds is 6. The van der Waals surface area contributed by atoms with Crippen LogP contribution in [0.25, 0.3) is 11.3 Å². The molecule has 0 saturated heterocycles. The van der Waals surface area contributed by atoms with Crippen molar-refractivity contribution in [1.29, 1.82) is 0 Å². The summed E-state index contributed by atoms with van der Waals surface area (Å²) in [6.45, 7) is 7.81. The Hall–Kier alpha value is -1.94. The predicted octanol–water partition coefficient (Wildman–Crippen LogP) is 3.34. The zero-order valence-electron chi connectivity index (χ0n) is 13.1. The van der Waals surface area contributed by atoms with Crippen molar-refractivity contribution >= 4 is 5.69 Å². The van der Waals surface area contributed by atoms with Crippen LogP contribution >= 0.6 is 0 Å². The minimum absolute atomic E-state index is 0.312. The van der Waals surface area contributed by atoms with Crippen molar-refractivity contribution in [2.45, 2.75) is 33.1 Å². The molecule has 0 saturated carbocycles. The van der Waals surface area contributed by atoms with E-state index in [4.69, 9.17) is 10.7 Å². The highest BCUT2D eigenvalue weighted by Gasteiger charge is 2.11. The van der Waals surface area contributed by atoms with Gasteiger partial charge in [-0.1, -0.05) is 43.7 Å². The molecule has 3 N–H and O–H groups in total. The standard InChI is InChI=1S/C17H24N4/c1-12(2)17-20-11-15(19-10-4-9-18)16(21-17)14-7-5-13(3)6-8-14/h5-8,11-12,19H,4,9-10,18H2,1-3H3. The fourth-order valence-electron chi connectivity index (χ4n) is 2.06. The van der Waals surface area contributed by atoms with Gasteiger partial charge in [-0.25, -0.2) is 9.97 Å². The smallest absolute Gasteiger partial charge is 0.131 e. The second-order valence-electron chi connectivity index (χ2n) is 5.58. The molecule has 0 unspecified atom stereocenters. The van der Waals surface area contributed by atoms with E-state index in [0.717, 1.165) is 35.7 Å². The Morgan fingerprint density at radius 3 is 2.52 bits per heavy atom. The van der Waals surface area contributed by atoms with Crippen LogP contribution < -0.4 is 11.1 Å². The van der Waals surface area contributed by atoms with Gasteiger partial charge in [0.25, 0.3) is 0 Å². The molecule has 0 aliphatic heterocycles. The lowest BCUT2D eigenvalue weighted by Gasteiger charge is -2.13. The number of nitrogens with one attached hydrogen (secondary N) is 1. The molecule has 1 aromatic carbocycles. The summed E-state index contributed by atoms with van der Waals surface area (Å²) in [6.07, 6.45) is 2.81. The van der Waals surface area contributed by atoms with Gasteiger partial charge in [0.15, 0.2) is 0 Å². The van der Waals surface area contributed by atoms with Crippen molar-refractivity contribution in [1.82, 2.24) is 9.97 Å². The molecular formula is C17H24N4. The van der Waals surface area contributed by atoms with Gasteiger partial charge >= 0.3 is 0 Å². The average molecular weight is 284 g/mol. The Bertz CT molecular complexity index is 576. The van der Waals surface area contributed by atoms with E-state index in [1.54, 1.807) is 0 Å². The van der Waals surface area contributed by atoms with Gasteiger partial charge in [-0.15, -0.1) is 0 Å². The summed E-state index contributed by atoms with van der Waals surface area (Å²) in [4.78, 5) is 9.20. The molecule has 4 nitrogen and oxygen atoms in total. The van der Waals surface area contributed by atoms with E-state index < -0.39 is 0 Å². The number of nitrogens with two attached hydrogens (primary N) is 1. The van der Waals surface area contributed by atoms with E-state index in [1.165, 1.54) is 5.56 Å². The van der Waals surface area contributed by atoms with Crippen LogP contribution in [0.5, 0.6) is 0 Å². The Kier molecular flexibility index (Phi) is 5.28. The third-order valence-electron chi connectivity index (χ3n) is 3.35. The summed E-state index contributed by atoms with van der Waals surface area (Å²) >= 11 is 0. The molecule has 112 valence electrons. The summed E-state index contributed by atoms with van der Waals surface area (Å²) in [6, 6.07) is 8.43. The molecule has 0 fully saturated rings. The second kappa shape index (κ2) is 7.18. The molecule has 0 aliphatic rings. The van der Waals surface area contributed by atoms with Crippen molar-refractivity contribution in [2.24, 2.45) is 5.73 Å². The van der Waals surface area contributed by atoms with Crippen LogP contribution in [0.4, 0.5) is 5.69 Å². The number of aryl methyl sites for hydroxylation is 1. The van der Waals surface area contributed by atoms with E-state index in [-0.39, 0.29) is 0 Å². The number of hydrogen-bond acceptors (Lipinski definition) is 4. The van der Waals surface area contributed by atoms with Gasteiger partial charge < -0.3 is 11.1 Å². The van der Waals surface area contributed by atoms with E-state index in [0.29, 0.717) is 12.5 Å². The maximum absolute atomic E-state index is 5.55. The van der Waals surface area contributed by atoms with Gasteiger partial charge in [-0.2, -0.15) is 0 Å². The second-order valence-corrected chi connectivity index (χ2v) is 5.58. The number of nitrogens with zero attached hydrogens (tertiary/aromatic N) is 2. The molecule has 4 heteroatoms. The highest BCUT2D eigenvalue weighted by Crippen LogP contribution is 2.27. The van der Waals surface area contributed by atoms with Crippen LogP contribution in [0, 0.1) is 6.92 Å². The lowest BCUT2D eigenvalue weighted by molar-refractivity contribution is 0.775. The lowest BCUT2D eigenvalue weighted by atomic mass is 10.1. The van der Waals surface area contributed by atoms with Crippen LogP contribution in [0.1, 0.15) is 37.6 Å². The fraction of sp³-hybridized carbons (Fsp3) is 0.412. The first-order valence-corrected chi connectivity index (χ1v) is 7.49. The lowest BCUT2D eigenvalue weighted by Crippen LogP contribution is -2.11. The van der Waals surface area contributed by atoms with Crippen molar-refractivity contribution < 1.29 is 0 Å². The molecule has 0 amide bonds. The largest absolute Gasteiger partial charge is 0.382 e. The number of aromatic nitrogens is 2. The zero-order chi connectivity index (χ0) is 15.2. The SMILES string of the molecule is Cc1ccc(-c2nc(C(C)C)ncc2NCCCN)cc1. The summed E-state index contributed by atoms with van der Waals surface area (Å²) in [5.74, 6) is 1.18. The zero-order valence-corrected chi connectivity index (χ0v) is 13.1. The molecular weight excluding hydrogens is 260 g/mol. The first-order chi connectivity index (χ1) is 10.1. The first kappa shape index (κ1) is 15.4. The molecule has 0 atom stereocenters. The summed E-state index contributed by atoms with van der Waals surface area (Å²) in [5, 5.41) is 3.39. The van der Waals surface area contributed by atoms with Gasteiger partial charge in [-0.05, 0) is 19.9 Å². The van der Waals surface area contributed by atoms with Gasteiger partial charge in [0, 0.05) is 18.0 Å². The molecule has 1 aromatic heterocycles. The molecule has 0 aliphatic carbocycles. The maximum atomic E-state index is 5.55. The minimum Gasteiger partial charge on any atom is -0.382 e. The summed E-state index contributed by atoms with van der Waals surface area (Å²) in [5.41, 5.74) is 9.84. The fourth-order valence-corrected chi connectivity index (χ4v) is 2.06. The molecule has 0 spiro atoms. The topological polar surface area (TPSA) is 63.8 Å². The Labute approximate surface area is 126 Å². The molecule has 0 bridgehead atoms. The highest BCUT2D eigenvalue weighted by atomic mass is 15.0. The van der Waals surface area contributed by atoms with E-state index in [1.807, 2.05) is 6.20 Å². The van der Waals surface area contributed by atoms with Crippen LogP contribution in [0.2, 0.25) is 0 Å². The number of hydrogen-bond donors (Lipinski definition) is 2. The Morgan fingerprint density at radius 2 is 1.90 bits per heavy atom. The average Bonchev–Trinajstić information content (AvgIpc) is 2.48. The molecule has 2 rings (SSSR count). The monoisotopic (exact) mass is 284 g/mol. The van der Waals surface area contributed by atoms with E-state index >= 15 is 0 Å². The normalized spacial score (nSPS) is 10.9. The third kappa shape index (κ3) is 4.02. The molecule has 21 heavy (non-hydrogen) atoms. The van der Waals surface area contributed by atoms with Crippen molar-refractivity contribution in [3.8, 4) is 11.3 Å². The number of anilines is 1. The quantitative estimate of drug-likeness (QED) is 0.799. The van der Waals surface area contributed by atoms with Gasteiger partial charge in [-0.3, -0.25) is 0 Å².